The topological polar surface area (TPSA) is 34.1 Å². The van der Waals surface area contributed by atoms with Gasteiger partial charge in [0.05, 0.1) is 0 Å². The number of rotatable bonds is 0. The average molecular weight is 258 g/mol. The van der Waals surface area contributed by atoms with Crippen molar-refractivity contribution in [3.05, 3.63) is 0 Å². The van der Waals surface area contributed by atoms with Crippen LogP contribution in [0.1, 0.15) is 13.8 Å². The van der Waals surface area contributed by atoms with E-state index in [1.54, 1.807) is 0 Å². The van der Waals surface area contributed by atoms with E-state index in [-0.39, 0.29) is 32.6 Å². The Bertz CT molecular complexity index is 74.6. The van der Waals surface area contributed by atoms with E-state index in [1.165, 1.54) is 13.8 Å². The molecule has 0 bridgehead atoms. The van der Waals surface area contributed by atoms with E-state index in [1.807, 2.05) is 0 Å². The molecule has 0 aromatic rings. The predicted octanol–water partition coefficient (Wildman–Crippen LogP) is 0.157. The summed E-state index contributed by atoms with van der Waals surface area (Å²) in [6.45, 7) is 2.69. The second-order valence-corrected chi connectivity index (χ2v) is 2.13. The molecule has 59 valence electrons. The Kier molecular flexibility index (Phi) is 20.5. The third-order valence-corrected chi connectivity index (χ3v) is 0. The Morgan fingerprint density at radius 1 is 1.00 bits per heavy atom. The van der Waals surface area contributed by atoms with Gasteiger partial charge in [-0.25, -0.2) is 0 Å². The molecular formula is C4H6AgO2S2-2. The van der Waals surface area contributed by atoms with Crippen molar-refractivity contribution < 1.29 is 32.0 Å². The van der Waals surface area contributed by atoms with Crippen LogP contribution in [0.3, 0.4) is 0 Å². The van der Waals surface area contributed by atoms with Crippen molar-refractivity contribution in [3.8, 4) is 0 Å². The van der Waals surface area contributed by atoms with Crippen molar-refractivity contribution in [3.63, 3.8) is 0 Å². The van der Waals surface area contributed by atoms with Gasteiger partial charge < -0.3 is 34.8 Å². The van der Waals surface area contributed by atoms with Crippen molar-refractivity contribution >= 4 is 35.5 Å². The summed E-state index contributed by atoms with van der Waals surface area (Å²) in [5.41, 5.74) is 0. The first-order valence-corrected chi connectivity index (χ1v) is 2.63. The summed E-state index contributed by atoms with van der Waals surface area (Å²) >= 11 is 7.96. The summed E-state index contributed by atoms with van der Waals surface area (Å²) in [4.78, 5) is 18.5. The van der Waals surface area contributed by atoms with Crippen LogP contribution >= 0.6 is 0 Å². The quantitative estimate of drug-likeness (QED) is 0.458. The molecule has 0 aromatic carbocycles. The normalized spacial score (nSPS) is 5.56. The van der Waals surface area contributed by atoms with Crippen LogP contribution in [-0.4, -0.2) is 10.2 Å². The molecule has 0 spiro atoms. The van der Waals surface area contributed by atoms with Crippen LogP contribution in [0.15, 0.2) is 0 Å². The smallest absolute Gasteiger partial charge is 0.00878 e. The Labute approximate surface area is 81.1 Å². The molecule has 0 aliphatic carbocycles. The van der Waals surface area contributed by atoms with E-state index in [2.05, 4.69) is 25.3 Å². The van der Waals surface area contributed by atoms with E-state index in [9.17, 15) is 9.59 Å². The van der Waals surface area contributed by atoms with Crippen molar-refractivity contribution in [2.45, 2.75) is 13.8 Å². The summed E-state index contributed by atoms with van der Waals surface area (Å²) < 4.78 is 0. The summed E-state index contributed by atoms with van der Waals surface area (Å²) in [5, 5.41) is -0.500. The van der Waals surface area contributed by atoms with Crippen LogP contribution in [0.5, 0.6) is 0 Å². The largest absolute Gasteiger partial charge is 0.742 e. The van der Waals surface area contributed by atoms with Crippen molar-refractivity contribution in [2.24, 2.45) is 0 Å². The van der Waals surface area contributed by atoms with E-state index in [0.29, 0.717) is 0 Å². The maximum absolute atomic E-state index is 9.26. The van der Waals surface area contributed by atoms with E-state index in [0.717, 1.165) is 0 Å². The van der Waals surface area contributed by atoms with Gasteiger partial charge in [0.2, 0.25) is 0 Å². The Morgan fingerprint density at radius 2 is 1.00 bits per heavy atom. The molecule has 0 rings (SSSR count). The van der Waals surface area contributed by atoms with Crippen LogP contribution in [-0.2, 0) is 57.2 Å². The van der Waals surface area contributed by atoms with Crippen molar-refractivity contribution in [2.75, 3.05) is 0 Å². The van der Waals surface area contributed by atoms with Gasteiger partial charge in [0.25, 0.3) is 0 Å². The van der Waals surface area contributed by atoms with Gasteiger partial charge >= 0.3 is 0 Å². The second kappa shape index (κ2) is 11.3. The van der Waals surface area contributed by atoms with Gasteiger partial charge in [-0.05, 0) is 13.8 Å². The predicted molar refractivity (Wildman–Crippen MR) is 36.1 cm³/mol. The molecular weight excluding hydrogens is 252 g/mol. The summed E-state index contributed by atoms with van der Waals surface area (Å²) in [5.74, 6) is 0. The molecule has 0 heterocycles. The Morgan fingerprint density at radius 3 is 1.00 bits per heavy atom. The van der Waals surface area contributed by atoms with Gasteiger partial charge in [0, 0.05) is 32.6 Å². The Hall–Kier alpha value is 0.520. The van der Waals surface area contributed by atoms with Crippen LogP contribution in [0.2, 0.25) is 0 Å². The first-order chi connectivity index (χ1) is 3.46. The molecule has 2 nitrogen and oxygen atoms in total. The standard InChI is InChI=1S/2C2H4OS.Ag/c2*1-2(3)4;/h2*1H3,(H,3,4);/p-2. The summed E-state index contributed by atoms with van der Waals surface area (Å²) in [6.07, 6.45) is 0. The molecule has 0 unspecified atom stereocenters. The minimum Gasteiger partial charge on any atom is -0.742 e. The number of carbonyl (C=O) groups is 2. The first kappa shape index (κ1) is 16.3. The molecule has 0 atom stereocenters. The third-order valence-electron chi connectivity index (χ3n) is 0. The fraction of sp³-hybridized carbons (Fsp3) is 0.500. The number of carbonyl (C=O) groups excluding carboxylic acids is 2. The molecule has 0 aliphatic heterocycles. The van der Waals surface area contributed by atoms with Gasteiger partial charge in [-0.15, -0.1) is 0 Å². The fourth-order valence-corrected chi connectivity index (χ4v) is 0. The van der Waals surface area contributed by atoms with Crippen LogP contribution < -0.4 is 0 Å². The number of hydrogen-bond donors (Lipinski definition) is 0. The molecule has 9 heavy (non-hydrogen) atoms. The molecule has 1 radical (unpaired) electrons. The van der Waals surface area contributed by atoms with Gasteiger partial charge in [-0.1, -0.05) is 0 Å². The number of hydrogen-bond acceptors (Lipinski definition) is 4. The van der Waals surface area contributed by atoms with Gasteiger partial charge in [0.1, 0.15) is 0 Å². The van der Waals surface area contributed by atoms with Crippen molar-refractivity contribution in [1.29, 1.82) is 0 Å². The zero-order valence-corrected chi connectivity index (χ0v) is 8.05. The fourth-order valence-electron chi connectivity index (χ4n) is 0. The zero-order valence-electron chi connectivity index (χ0n) is 4.93. The average Bonchev–Trinajstić information content (AvgIpc) is 1.25. The van der Waals surface area contributed by atoms with E-state index < -0.39 is 0 Å². The molecule has 5 heteroatoms. The SMILES string of the molecule is CC(=O)[S-].CC(=O)[S-].[Ag]. The van der Waals surface area contributed by atoms with Gasteiger partial charge in [-0.3, -0.25) is 0 Å². The molecule has 0 aromatic heterocycles. The zero-order chi connectivity index (χ0) is 7.15. The second-order valence-electron chi connectivity index (χ2n) is 0.983. The minimum atomic E-state index is -0.250. The third kappa shape index (κ3) is 1340. The van der Waals surface area contributed by atoms with Crippen molar-refractivity contribution in [1.82, 2.24) is 0 Å². The van der Waals surface area contributed by atoms with Crippen LogP contribution in [0.4, 0.5) is 0 Å². The van der Waals surface area contributed by atoms with Gasteiger partial charge in [-0.2, -0.15) is 0 Å². The maximum Gasteiger partial charge on any atom is 0.00878 e. The first-order valence-electron chi connectivity index (χ1n) is 1.82. The molecule has 0 amide bonds. The van der Waals surface area contributed by atoms with Crippen LogP contribution in [0, 0.1) is 0 Å². The molecule has 0 N–H and O–H groups in total. The molecule has 0 saturated heterocycles. The van der Waals surface area contributed by atoms with Gasteiger partial charge in [0.15, 0.2) is 0 Å². The molecule has 0 fully saturated rings. The minimum absolute atomic E-state index is 0. The molecule has 0 saturated carbocycles. The summed E-state index contributed by atoms with van der Waals surface area (Å²) in [7, 11) is 0. The monoisotopic (exact) mass is 257 g/mol. The van der Waals surface area contributed by atoms with E-state index >= 15 is 0 Å². The molecule has 0 aliphatic rings. The summed E-state index contributed by atoms with van der Waals surface area (Å²) in [6, 6.07) is 0. The van der Waals surface area contributed by atoms with E-state index in [4.69, 9.17) is 0 Å². The van der Waals surface area contributed by atoms with Crippen LogP contribution in [0.25, 0.3) is 0 Å². The maximum atomic E-state index is 9.26. The Balaban J connectivity index is -0.0000000720.